The predicted molar refractivity (Wildman–Crippen MR) is 142 cm³/mol. The van der Waals surface area contributed by atoms with Crippen LogP contribution >= 0.6 is 0 Å². The van der Waals surface area contributed by atoms with Gasteiger partial charge in [0.05, 0.1) is 12.7 Å². The summed E-state index contributed by atoms with van der Waals surface area (Å²) in [5.74, 6) is -0.378. The molecule has 0 spiro atoms. The molecule has 3 rings (SSSR count). The van der Waals surface area contributed by atoms with Crippen molar-refractivity contribution >= 4 is 18.0 Å². The Labute approximate surface area is 218 Å². The van der Waals surface area contributed by atoms with Gasteiger partial charge in [-0.3, -0.25) is 0 Å². The van der Waals surface area contributed by atoms with Crippen LogP contribution < -0.4 is 4.74 Å². The fraction of sp³-hybridized carbons (Fsp3) is 0.400. The highest BCUT2D eigenvalue weighted by Gasteiger charge is 2.31. The molecule has 0 fully saturated rings. The average molecular weight is 509 g/mol. The minimum atomic E-state index is -1.03. The van der Waals surface area contributed by atoms with Gasteiger partial charge in [-0.25, -0.2) is 9.59 Å². The molecule has 0 heterocycles. The van der Waals surface area contributed by atoms with Gasteiger partial charge in [0, 0.05) is 11.6 Å². The molecule has 7 nitrogen and oxygen atoms in total. The summed E-state index contributed by atoms with van der Waals surface area (Å²) in [7, 11) is 1.46. The molecular weight excluding hydrogens is 472 g/mol. The van der Waals surface area contributed by atoms with Crippen molar-refractivity contribution in [3.63, 3.8) is 0 Å². The number of aromatic hydroxyl groups is 2. The lowest BCUT2D eigenvalue weighted by atomic mass is 9.71. The molecule has 0 amide bonds. The Kier molecular flexibility index (Phi) is 9.39. The number of aromatic carboxylic acids is 1. The van der Waals surface area contributed by atoms with Gasteiger partial charge >= 0.3 is 11.9 Å². The number of hydrogen-bond acceptors (Lipinski definition) is 6. The summed E-state index contributed by atoms with van der Waals surface area (Å²) in [5, 5.41) is 29.6. The summed E-state index contributed by atoms with van der Waals surface area (Å²) in [6.07, 6.45) is 8.61. The average Bonchev–Trinajstić information content (AvgIpc) is 2.86. The largest absolute Gasteiger partial charge is 0.508 e. The minimum Gasteiger partial charge on any atom is -0.508 e. The Morgan fingerprint density at radius 3 is 2.59 bits per heavy atom. The van der Waals surface area contributed by atoms with Crippen LogP contribution in [-0.2, 0) is 9.53 Å². The van der Waals surface area contributed by atoms with E-state index in [1.807, 2.05) is 6.92 Å². The Bertz CT molecular complexity index is 1190. The van der Waals surface area contributed by atoms with Gasteiger partial charge in [0.1, 0.15) is 12.4 Å². The molecule has 0 aromatic heterocycles. The van der Waals surface area contributed by atoms with Gasteiger partial charge in [-0.05, 0) is 97.4 Å². The summed E-state index contributed by atoms with van der Waals surface area (Å²) >= 11 is 0. The second-order valence-electron chi connectivity index (χ2n) is 9.87. The number of methoxy groups -OCH3 is 1. The lowest BCUT2D eigenvalue weighted by molar-refractivity contribution is -0.136. The van der Waals surface area contributed by atoms with Crippen molar-refractivity contribution < 1.29 is 34.4 Å². The van der Waals surface area contributed by atoms with Crippen LogP contribution in [-0.4, -0.2) is 41.0 Å². The number of hydrogen-bond donors (Lipinski definition) is 3. The monoisotopic (exact) mass is 508 g/mol. The first-order chi connectivity index (χ1) is 17.6. The van der Waals surface area contributed by atoms with Gasteiger partial charge in [-0.2, -0.15) is 0 Å². The van der Waals surface area contributed by atoms with Crippen LogP contribution in [0, 0.1) is 5.92 Å². The summed E-state index contributed by atoms with van der Waals surface area (Å²) < 4.78 is 10.4. The highest BCUT2D eigenvalue weighted by atomic mass is 16.5. The third-order valence-corrected chi connectivity index (χ3v) is 7.10. The van der Waals surface area contributed by atoms with Crippen molar-refractivity contribution in [3.05, 3.63) is 70.3 Å². The zero-order valence-electron chi connectivity index (χ0n) is 21.9. The summed E-state index contributed by atoms with van der Waals surface area (Å²) in [5.41, 5.74) is 3.61. The molecular formula is C30H36O7. The van der Waals surface area contributed by atoms with Gasteiger partial charge in [0.15, 0.2) is 11.5 Å². The number of carbonyl (C=O) groups is 2. The normalized spacial score (nSPS) is 18.3. The highest BCUT2D eigenvalue weighted by Crippen LogP contribution is 2.47. The Morgan fingerprint density at radius 2 is 1.89 bits per heavy atom. The van der Waals surface area contributed by atoms with Gasteiger partial charge in [0.25, 0.3) is 0 Å². The fourth-order valence-corrected chi connectivity index (χ4v) is 5.00. The number of benzene rings is 2. The van der Waals surface area contributed by atoms with Crippen LogP contribution in [0.4, 0.5) is 0 Å². The fourth-order valence-electron chi connectivity index (χ4n) is 5.00. The minimum absolute atomic E-state index is 0.0303. The number of carboxylic acid groups (broad SMARTS) is 1. The van der Waals surface area contributed by atoms with E-state index in [-0.39, 0.29) is 35.5 Å². The second kappa shape index (κ2) is 12.5. The topological polar surface area (TPSA) is 113 Å². The van der Waals surface area contributed by atoms with Gasteiger partial charge in [-0.15, -0.1) is 0 Å². The van der Waals surface area contributed by atoms with Crippen molar-refractivity contribution in [2.45, 2.75) is 58.3 Å². The maximum Gasteiger partial charge on any atom is 0.335 e. The first-order valence-corrected chi connectivity index (χ1v) is 12.6. The second-order valence-corrected chi connectivity index (χ2v) is 9.87. The molecule has 2 aromatic rings. The zero-order valence-corrected chi connectivity index (χ0v) is 21.9. The number of carbonyl (C=O) groups excluding carboxylic acids is 1. The Balaban J connectivity index is 1.54. The van der Waals surface area contributed by atoms with Gasteiger partial charge in [-0.1, -0.05) is 26.0 Å². The van der Waals surface area contributed by atoms with E-state index in [2.05, 4.69) is 19.9 Å². The summed E-state index contributed by atoms with van der Waals surface area (Å²) in [6, 6.07) is 7.88. The molecule has 0 unspecified atom stereocenters. The van der Waals surface area contributed by atoms with Crippen LogP contribution in [0.15, 0.2) is 48.1 Å². The van der Waals surface area contributed by atoms with E-state index in [0.717, 1.165) is 42.4 Å². The van der Waals surface area contributed by atoms with Crippen LogP contribution in [0.2, 0.25) is 0 Å². The van der Waals surface area contributed by atoms with Crippen LogP contribution in [0.25, 0.3) is 6.08 Å². The molecule has 37 heavy (non-hydrogen) atoms. The Hall–Kier alpha value is -3.74. The quantitative estimate of drug-likeness (QED) is 0.193. The van der Waals surface area contributed by atoms with Crippen LogP contribution in [0.3, 0.4) is 0 Å². The number of fused-ring (bicyclic) bond motifs is 1. The predicted octanol–water partition coefficient (Wildman–Crippen LogP) is 6.40. The molecule has 0 saturated carbocycles. The third-order valence-electron chi connectivity index (χ3n) is 7.10. The van der Waals surface area contributed by atoms with E-state index >= 15 is 0 Å². The molecule has 3 N–H and O–H groups in total. The molecule has 2 aromatic carbocycles. The number of allylic oxidation sites excluding steroid dienone is 1. The zero-order chi connectivity index (χ0) is 27.1. The lowest BCUT2D eigenvalue weighted by Gasteiger charge is -2.34. The van der Waals surface area contributed by atoms with Gasteiger partial charge < -0.3 is 24.8 Å². The Morgan fingerprint density at radius 1 is 1.14 bits per heavy atom. The van der Waals surface area contributed by atoms with Crippen LogP contribution in [0.1, 0.15) is 85.3 Å². The van der Waals surface area contributed by atoms with Crippen molar-refractivity contribution in [1.29, 1.82) is 0 Å². The molecule has 3 atom stereocenters. The van der Waals surface area contributed by atoms with E-state index in [1.54, 1.807) is 24.3 Å². The van der Waals surface area contributed by atoms with Crippen molar-refractivity contribution in [1.82, 2.24) is 0 Å². The third kappa shape index (κ3) is 7.15. The molecule has 0 aliphatic heterocycles. The smallest absolute Gasteiger partial charge is 0.335 e. The van der Waals surface area contributed by atoms with E-state index in [0.29, 0.717) is 17.2 Å². The molecule has 198 valence electrons. The SMILES string of the molecule is COc1cc(/C=C\C(=O)OC/C(C)=C/CC[C@H](C)[C@@H]2CC[C@@H](C)c3c(O)cc(C(=O)O)cc32)ccc1O. The molecule has 7 heteroatoms. The molecule has 0 bridgehead atoms. The first-order valence-electron chi connectivity index (χ1n) is 12.6. The van der Waals surface area contributed by atoms with E-state index in [9.17, 15) is 24.9 Å². The maximum atomic E-state index is 12.1. The number of ether oxygens (including phenoxy) is 2. The highest BCUT2D eigenvalue weighted by molar-refractivity contribution is 5.89. The van der Waals surface area contributed by atoms with Crippen LogP contribution in [0.5, 0.6) is 17.2 Å². The van der Waals surface area contributed by atoms with E-state index in [4.69, 9.17) is 9.47 Å². The summed E-state index contributed by atoms with van der Waals surface area (Å²) in [4.78, 5) is 23.6. The van der Waals surface area contributed by atoms with Crippen molar-refractivity contribution in [3.8, 4) is 17.2 Å². The number of phenolic OH excluding ortho intramolecular Hbond substituents is 2. The first kappa shape index (κ1) is 27.8. The number of esters is 1. The number of carboxylic acids is 1. The standard InChI is InChI=1S/C30H36O7/c1-18(17-37-28(33)13-10-21-9-12-25(31)27(14-21)36-4)6-5-7-19(2)23-11-8-20(3)29-24(23)15-22(30(34)35)16-26(29)32/h6,9-10,12-16,19-20,23,31-32H,5,7-8,11,17H2,1-4H3,(H,34,35)/b13-10-,18-6+/t19-,20+,23-/m0/s1. The maximum absolute atomic E-state index is 12.1. The number of phenols is 2. The van der Waals surface area contributed by atoms with Crippen molar-refractivity contribution in [2.24, 2.45) is 5.92 Å². The number of rotatable bonds is 10. The molecule has 1 aliphatic carbocycles. The summed E-state index contributed by atoms with van der Waals surface area (Å²) in [6.45, 7) is 6.35. The van der Waals surface area contributed by atoms with E-state index < -0.39 is 11.9 Å². The van der Waals surface area contributed by atoms with Gasteiger partial charge in [0.2, 0.25) is 0 Å². The molecule has 1 aliphatic rings. The van der Waals surface area contributed by atoms with Crippen molar-refractivity contribution in [2.75, 3.05) is 13.7 Å². The lowest BCUT2D eigenvalue weighted by Crippen LogP contribution is -2.19. The molecule has 0 saturated heterocycles. The molecule has 0 radical (unpaired) electrons. The van der Waals surface area contributed by atoms with E-state index in [1.165, 1.54) is 25.3 Å².